The van der Waals surface area contributed by atoms with Crippen LogP contribution in [0.5, 0.6) is 0 Å². The second-order valence-corrected chi connectivity index (χ2v) is 5.62. The molecule has 0 fully saturated rings. The first-order valence-corrected chi connectivity index (χ1v) is 7.04. The van der Waals surface area contributed by atoms with Crippen molar-refractivity contribution in [3.63, 3.8) is 0 Å². The summed E-state index contributed by atoms with van der Waals surface area (Å²) in [7, 11) is 0. The van der Waals surface area contributed by atoms with E-state index in [2.05, 4.69) is 24.6 Å². The van der Waals surface area contributed by atoms with Crippen molar-refractivity contribution in [1.82, 2.24) is 4.57 Å². The number of nitrogens with zero attached hydrogens (tertiary/aromatic N) is 1. The lowest BCUT2D eigenvalue weighted by Gasteiger charge is -2.08. The molecule has 0 unspecified atom stereocenters. The second kappa shape index (κ2) is 6.42. The van der Waals surface area contributed by atoms with E-state index in [0.717, 1.165) is 29.3 Å². The van der Waals surface area contributed by atoms with Gasteiger partial charge in [-0.25, -0.2) is 0 Å². The Labute approximate surface area is 119 Å². The molecule has 0 amide bonds. The molecule has 19 heavy (non-hydrogen) atoms. The zero-order chi connectivity index (χ0) is 13.8. The lowest BCUT2D eigenvalue weighted by molar-refractivity contribution is 0.104. The maximum Gasteiger partial charge on any atom is 0.0645 e. The largest absolute Gasteiger partial charge is 0.379 e. The SMILES string of the molecule is CC(C)COCCn1cc(CN)c2ccc(Cl)cc21. The number of ether oxygens (including phenoxy) is 1. The number of hydrogen-bond acceptors (Lipinski definition) is 2. The number of nitrogens with two attached hydrogens (primary N) is 1. The minimum Gasteiger partial charge on any atom is -0.379 e. The molecule has 0 radical (unpaired) electrons. The summed E-state index contributed by atoms with van der Waals surface area (Å²) in [5.74, 6) is 0.565. The third kappa shape index (κ3) is 3.50. The van der Waals surface area contributed by atoms with E-state index in [-0.39, 0.29) is 0 Å². The predicted molar refractivity (Wildman–Crippen MR) is 80.5 cm³/mol. The van der Waals surface area contributed by atoms with Crippen LogP contribution in [0.4, 0.5) is 0 Å². The maximum atomic E-state index is 6.07. The van der Waals surface area contributed by atoms with Crippen LogP contribution in [0.15, 0.2) is 24.4 Å². The van der Waals surface area contributed by atoms with Gasteiger partial charge in [0.1, 0.15) is 0 Å². The van der Waals surface area contributed by atoms with Gasteiger partial charge in [-0.2, -0.15) is 0 Å². The highest BCUT2D eigenvalue weighted by Gasteiger charge is 2.08. The first-order chi connectivity index (χ1) is 9.11. The summed E-state index contributed by atoms with van der Waals surface area (Å²) in [5.41, 5.74) is 8.06. The highest BCUT2D eigenvalue weighted by Crippen LogP contribution is 2.24. The monoisotopic (exact) mass is 280 g/mol. The van der Waals surface area contributed by atoms with Gasteiger partial charge in [0.15, 0.2) is 0 Å². The van der Waals surface area contributed by atoms with Crippen molar-refractivity contribution >= 4 is 22.5 Å². The summed E-state index contributed by atoms with van der Waals surface area (Å²) in [6, 6.07) is 5.92. The van der Waals surface area contributed by atoms with E-state index in [9.17, 15) is 0 Å². The molecule has 0 bridgehead atoms. The Bertz CT molecular complexity index is 548. The molecule has 0 spiro atoms. The normalized spacial score (nSPS) is 11.6. The molecule has 2 aromatic rings. The fourth-order valence-electron chi connectivity index (χ4n) is 2.17. The first kappa shape index (κ1) is 14.4. The van der Waals surface area contributed by atoms with Crippen LogP contribution in [-0.4, -0.2) is 17.8 Å². The van der Waals surface area contributed by atoms with Gasteiger partial charge in [0.05, 0.1) is 6.61 Å². The number of halogens is 1. The van der Waals surface area contributed by atoms with E-state index < -0.39 is 0 Å². The molecule has 2 rings (SSSR count). The van der Waals surface area contributed by atoms with Gasteiger partial charge in [0.2, 0.25) is 0 Å². The Morgan fingerprint density at radius 1 is 1.37 bits per heavy atom. The number of rotatable bonds is 6. The van der Waals surface area contributed by atoms with Crippen LogP contribution in [0.3, 0.4) is 0 Å². The maximum absolute atomic E-state index is 6.07. The number of fused-ring (bicyclic) bond motifs is 1. The molecule has 2 N–H and O–H groups in total. The van der Waals surface area contributed by atoms with Crippen LogP contribution in [-0.2, 0) is 17.8 Å². The zero-order valence-corrected chi connectivity index (χ0v) is 12.3. The Morgan fingerprint density at radius 2 is 2.16 bits per heavy atom. The molecular formula is C15H21ClN2O. The predicted octanol–water partition coefficient (Wildman–Crippen LogP) is 3.43. The highest BCUT2D eigenvalue weighted by molar-refractivity contribution is 6.31. The Hall–Kier alpha value is -1.03. The molecular weight excluding hydrogens is 260 g/mol. The minimum atomic E-state index is 0.540. The number of hydrogen-bond donors (Lipinski definition) is 1. The van der Waals surface area contributed by atoms with Gasteiger partial charge in [-0.3, -0.25) is 0 Å². The molecule has 0 aliphatic rings. The highest BCUT2D eigenvalue weighted by atomic mass is 35.5. The van der Waals surface area contributed by atoms with Gasteiger partial charge in [0.25, 0.3) is 0 Å². The lowest BCUT2D eigenvalue weighted by Crippen LogP contribution is -2.08. The molecule has 1 aromatic heterocycles. The smallest absolute Gasteiger partial charge is 0.0645 e. The quantitative estimate of drug-likeness (QED) is 0.824. The molecule has 0 atom stereocenters. The summed E-state index contributed by atoms with van der Waals surface area (Å²) in [5, 5.41) is 1.93. The summed E-state index contributed by atoms with van der Waals surface area (Å²) < 4.78 is 7.81. The molecule has 1 aromatic carbocycles. The Balaban J connectivity index is 2.15. The summed E-state index contributed by atoms with van der Waals surface area (Å²) in [4.78, 5) is 0. The number of aromatic nitrogens is 1. The van der Waals surface area contributed by atoms with Crippen LogP contribution in [0.2, 0.25) is 5.02 Å². The van der Waals surface area contributed by atoms with Gasteiger partial charge < -0.3 is 15.0 Å². The van der Waals surface area contributed by atoms with Gasteiger partial charge in [0, 0.05) is 41.8 Å². The van der Waals surface area contributed by atoms with E-state index in [0.29, 0.717) is 19.1 Å². The van der Waals surface area contributed by atoms with Crippen LogP contribution in [0.1, 0.15) is 19.4 Å². The zero-order valence-electron chi connectivity index (χ0n) is 11.5. The second-order valence-electron chi connectivity index (χ2n) is 5.18. The average Bonchev–Trinajstić information content (AvgIpc) is 2.72. The molecule has 0 aliphatic carbocycles. The first-order valence-electron chi connectivity index (χ1n) is 6.67. The summed E-state index contributed by atoms with van der Waals surface area (Å²) in [6.07, 6.45) is 2.10. The van der Waals surface area contributed by atoms with E-state index in [1.165, 1.54) is 5.39 Å². The lowest BCUT2D eigenvalue weighted by atomic mass is 10.2. The summed E-state index contributed by atoms with van der Waals surface area (Å²) in [6.45, 7) is 7.17. The van der Waals surface area contributed by atoms with E-state index in [1.54, 1.807) is 0 Å². The van der Waals surface area contributed by atoms with Crippen molar-refractivity contribution < 1.29 is 4.74 Å². The third-order valence-electron chi connectivity index (χ3n) is 3.07. The molecule has 104 valence electrons. The van der Waals surface area contributed by atoms with E-state index >= 15 is 0 Å². The van der Waals surface area contributed by atoms with Crippen molar-refractivity contribution in [2.24, 2.45) is 11.7 Å². The minimum absolute atomic E-state index is 0.540. The topological polar surface area (TPSA) is 40.2 Å². The molecule has 3 nitrogen and oxygen atoms in total. The third-order valence-corrected chi connectivity index (χ3v) is 3.31. The van der Waals surface area contributed by atoms with Gasteiger partial charge in [-0.05, 0) is 23.6 Å². The van der Waals surface area contributed by atoms with Crippen molar-refractivity contribution in [2.75, 3.05) is 13.2 Å². The van der Waals surface area contributed by atoms with Gasteiger partial charge in [-0.1, -0.05) is 31.5 Å². The van der Waals surface area contributed by atoms with Crippen LogP contribution >= 0.6 is 11.6 Å². The fraction of sp³-hybridized carbons (Fsp3) is 0.467. The van der Waals surface area contributed by atoms with Crippen LogP contribution in [0.25, 0.3) is 10.9 Å². The fourth-order valence-corrected chi connectivity index (χ4v) is 2.34. The molecule has 0 aliphatic heterocycles. The van der Waals surface area contributed by atoms with Crippen LogP contribution in [0, 0.1) is 5.92 Å². The van der Waals surface area contributed by atoms with E-state index in [4.69, 9.17) is 22.1 Å². The Morgan fingerprint density at radius 3 is 2.84 bits per heavy atom. The summed E-state index contributed by atoms with van der Waals surface area (Å²) >= 11 is 6.07. The average molecular weight is 281 g/mol. The van der Waals surface area contributed by atoms with Crippen LogP contribution < -0.4 is 5.73 Å². The standard InChI is InChI=1S/C15H21ClN2O/c1-11(2)10-19-6-5-18-9-12(8-17)14-4-3-13(16)7-15(14)18/h3-4,7,9,11H,5-6,8,10,17H2,1-2H3. The van der Waals surface area contributed by atoms with Crippen molar-refractivity contribution in [3.8, 4) is 0 Å². The van der Waals surface area contributed by atoms with Crippen molar-refractivity contribution in [2.45, 2.75) is 26.9 Å². The molecule has 4 heteroatoms. The molecule has 0 saturated carbocycles. The van der Waals surface area contributed by atoms with Gasteiger partial charge in [-0.15, -0.1) is 0 Å². The van der Waals surface area contributed by atoms with Crippen molar-refractivity contribution in [3.05, 3.63) is 35.0 Å². The van der Waals surface area contributed by atoms with E-state index in [1.807, 2.05) is 18.2 Å². The number of benzene rings is 1. The molecule has 0 saturated heterocycles. The molecule has 1 heterocycles. The van der Waals surface area contributed by atoms with Gasteiger partial charge >= 0.3 is 0 Å². The Kier molecular flexibility index (Phi) is 4.86. The van der Waals surface area contributed by atoms with Crippen molar-refractivity contribution in [1.29, 1.82) is 0 Å².